The number of hydrogen-bond donors (Lipinski definition) is 1. The fourth-order valence-corrected chi connectivity index (χ4v) is 4.91. The highest BCUT2D eigenvalue weighted by Gasteiger charge is 2.29. The second-order valence-corrected chi connectivity index (χ2v) is 9.02. The van der Waals surface area contributed by atoms with Crippen molar-refractivity contribution in [3.8, 4) is 6.07 Å². The predicted octanol–water partition coefficient (Wildman–Crippen LogP) is 2.34. The number of nitrogens with zero attached hydrogens (tertiary/aromatic N) is 4. The molecule has 0 spiro atoms. The van der Waals surface area contributed by atoms with Gasteiger partial charge in [0.2, 0.25) is 10.0 Å². The first kappa shape index (κ1) is 20.1. The standard InChI is InChI=1S/C21H20FN5O2S/c1-26-14-24-11-19(26)13-27-12-18(9-16-8-15(10-23)2-7-21(16)27)25-30(28,29)20-5-3-17(22)4-6-20/h2-8,11,14,18,25H,9,12-13H2,1H3. The Morgan fingerprint density at radius 1 is 1.27 bits per heavy atom. The summed E-state index contributed by atoms with van der Waals surface area (Å²) in [6.07, 6.45) is 3.94. The summed E-state index contributed by atoms with van der Waals surface area (Å²) in [7, 11) is -1.91. The van der Waals surface area contributed by atoms with Crippen molar-refractivity contribution in [1.82, 2.24) is 14.3 Å². The van der Waals surface area contributed by atoms with Crippen LogP contribution in [0, 0.1) is 17.1 Å². The zero-order valence-corrected chi connectivity index (χ0v) is 17.1. The molecule has 3 aromatic rings. The average Bonchev–Trinajstić information content (AvgIpc) is 3.12. The number of halogens is 1. The van der Waals surface area contributed by atoms with Crippen molar-refractivity contribution in [3.05, 3.63) is 77.6 Å². The van der Waals surface area contributed by atoms with Crippen molar-refractivity contribution < 1.29 is 12.8 Å². The number of anilines is 1. The third kappa shape index (κ3) is 4.06. The van der Waals surface area contributed by atoms with Crippen molar-refractivity contribution in [1.29, 1.82) is 5.26 Å². The molecule has 2 aromatic carbocycles. The van der Waals surface area contributed by atoms with Crippen molar-refractivity contribution in [2.45, 2.75) is 23.9 Å². The minimum Gasteiger partial charge on any atom is -0.364 e. The zero-order chi connectivity index (χ0) is 21.3. The maximum atomic E-state index is 13.2. The van der Waals surface area contributed by atoms with Crippen LogP contribution in [0.4, 0.5) is 10.1 Å². The molecule has 0 aliphatic carbocycles. The molecule has 1 N–H and O–H groups in total. The molecule has 0 fully saturated rings. The summed E-state index contributed by atoms with van der Waals surface area (Å²) in [6, 6.07) is 11.9. The zero-order valence-electron chi connectivity index (χ0n) is 16.3. The summed E-state index contributed by atoms with van der Waals surface area (Å²) in [4.78, 5) is 6.24. The molecule has 0 bridgehead atoms. The van der Waals surface area contributed by atoms with Gasteiger partial charge in [0, 0.05) is 31.5 Å². The van der Waals surface area contributed by atoms with Crippen molar-refractivity contribution in [2.24, 2.45) is 7.05 Å². The highest BCUT2D eigenvalue weighted by molar-refractivity contribution is 7.89. The van der Waals surface area contributed by atoms with Crippen LogP contribution in [0.5, 0.6) is 0 Å². The summed E-state index contributed by atoms with van der Waals surface area (Å²) in [6.45, 7) is 0.995. The Morgan fingerprint density at radius 3 is 2.70 bits per heavy atom. The second-order valence-electron chi connectivity index (χ2n) is 7.31. The number of nitriles is 1. The number of aryl methyl sites for hydroxylation is 1. The molecule has 1 atom stereocenters. The minimum absolute atomic E-state index is 0.0126. The van der Waals surface area contributed by atoms with Gasteiger partial charge in [-0.05, 0) is 54.4 Å². The summed E-state index contributed by atoms with van der Waals surface area (Å²) < 4.78 is 43.4. The number of sulfonamides is 1. The first-order chi connectivity index (χ1) is 14.4. The van der Waals surface area contributed by atoms with Gasteiger partial charge in [-0.1, -0.05) is 0 Å². The lowest BCUT2D eigenvalue weighted by atomic mass is 9.96. The molecule has 2 heterocycles. The number of aromatic nitrogens is 2. The Kier molecular flexibility index (Phi) is 5.28. The van der Waals surface area contributed by atoms with Gasteiger partial charge in [-0.15, -0.1) is 0 Å². The van der Waals surface area contributed by atoms with Crippen LogP contribution in [0.3, 0.4) is 0 Å². The van der Waals surface area contributed by atoms with Gasteiger partial charge in [0.1, 0.15) is 5.82 Å². The largest absolute Gasteiger partial charge is 0.364 e. The molecular formula is C21H20FN5O2S. The Hall–Kier alpha value is -3.22. The lowest BCUT2D eigenvalue weighted by Gasteiger charge is -2.36. The van der Waals surface area contributed by atoms with E-state index in [-0.39, 0.29) is 4.90 Å². The summed E-state index contributed by atoms with van der Waals surface area (Å²) in [5.41, 5.74) is 3.37. The van der Waals surface area contributed by atoms with Crippen LogP contribution < -0.4 is 9.62 Å². The van der Waals surface area contributed by atoms with Crippen LogP contribution in [-0.4, -0.2) is 30.6 Å². The highest BCUT2D eigenvalue weighted by Crippen LogP contribution is 2.30. The molecule has 30 heavy (non-hydrogen) atoms. The third-order valence-electron chi connectivity index (χ3n) is 5.17. The van der Waals surface area contributed by atoms with Crippen molar-refractivity contribution >= 4 is 15.7 Å². The molecule has 1 aliphatic heterocycles. The lowest BCUT2D eigenvalue weighted by molar-refractivity contribution is 0.522. The normalized spacial score (nSPS) is 16.2. The van der Waals surface area contributed by atoms with Gasteiger partial charge >= 0.3 is 0 Å². The third-order valence-corrected chi connectivity index (χ3v) is 6.71. The van der Waals surface area contributed by atoms with Crippen LogP contribution in [-0.2, 0) is 30.0 Å². The SMILES string of the molecule is Cn1cncc1CN1CC(NS(=O)(=O)c2ccc(F)cc2)Cc2cc(C#N)ccc21. The number of fused-ring (bicyclic) bond motifs is 1. The van der Waals surface area contributed by atoms with E-state index >= 15 is 0 Å². The van der Waals surface area contributed by atoms with Gasteiger partial charge in [0.25, 0.3) is 0 Å². The minimum atomic E-state index is -3.81. The molecule has 0 saturated carbocycles. The van der Waals surface area contributed by atoms with Crippen LogP contribution in [0.1, 0.15) is 16.8 Å². The van der Waals surface area contributed by atoms with E-state index in [1.54, 1.807) is 24.7 Å². The van der Waals surface area contributed by atoms with E-state index in [2.05, 4.69) is 20.7 Å². The molecule has 1 unspecified atom stereocenters. The smallest absolute Gasteiger partial charge is 0.240 e. The van der Waals surface area contributed by atoms with E-state index in [0.717, 1.165) is 29.1 Å². The fourth-order valence-electron chi connectivity index (χ4n) is 3.68. The van der Waals surface area contributed by atoms with Crippen LogP contribution in [0.2, 0.25) is 0 Å². The summed E-state index contributed by atoms with van der Waals surface area (Å²) >= 11 is 0. The van der Waals surface area contributed by atoms with Gasteiger partial charge in [-0.3, -0.25) is 0 Å². The first-order valence-electron chi connectivity index (χ1n) is 9.37. The fraction of sp³-hybridized carbons (Fsp3) is 0.238. The van der Waals surface area contributed by atoms with Gasteiger partial charge in [-0.25, -0.2) is 22.5 Å². The monoisotopic (exact) mass is 425 g/mol. The molecule has 0 radical (unpaired) electrons. The van der Waals surface area contributed by atoms with E-state index in [0.29, 0.717) is 25.1 Å². The Morgan fingerprint density at radius 2 is 2.03 bits per heavy atom. The molecule has 1 aromatic heterocycles. The summed E-state index contributed by atoms with van der Waals surface area (Å²) in [5.74, 6) is -0.494. The van der Waals surface area contributed by atoms with Crippen molar-refractivity contribution in [2.75, 3.05) is 11.4 Å². The van der Waals surface area contributed by atoms with Crippen LogP contribution in [0.15, 0.2) is 59.9 Å². The Labute approximate surface area is 174 Å². The molecule has 4 rings (SSSR count). The lowest BCUT2D eigenvalue weighted by Crippen LogP contribution is -2.48. The molecule has 7 nitrogen and oxygen atoms in total. The maximum Gasteiger partial charge on any atom is 0.240 e. The van der Waals surface area contributed by atoms with E-state index in [4.69, 9.17) is 0 Å². The van der Waals surface area contributed by atoms with Gasteiger partial charge in [0.05, 0.1) is 35.1 Å². The van der Waals surface area contributed by atoms with E-state index in [1.807, 2.05) is 17.7 Å². The average molecular weight is 425 g/mol. The van der Waals surface area contributed by atoms with Crippen molar-refractivity contribution in [3.63, 3.8) is 0 Å². The quantitative estimate of drug-likeness (QED) is 0.678. The number of hydrogen-bond acceptors (Lipinski definition) is 5. The van der Waals surface area contributed by atoms with Gasteiger partial charge < -0.3 is 9.47 Å². The molecule has 1 aliphatic rings. The van der Waals surface area contributed by atoms with Crippen LogP contribution >= 0.6 is 0 Å². The molecule has 0 saturated heterocycles. The van der Waals surface area contributed by atoms with Gasteiger partial charge in [-0.2, -0.15) is 5.26 Å². The van der Waals surface area contributed by atoms with E-state index < -0.39 is 21.9 Å². The first-order valence-corrected chi connectivity index (χ1v) is 10.8. The predicted molar refractivity (Wildman–Crippen MR) is 110 cm³/mol. The molecular weight excluding hydrogens is 405 g/mol. The van der Waals surface area contributed by atoms with E-state index in [1.165, 1.54) is 12.1 Å². The number of nitrogens with one attached hydrogen (secondary N) is 1. The molecule has 0 amide bonds. The topological polar surface area (TPSA) is 91.0 Å². The van der Waals surface area contributed by atoms with Crippen LogP contribution in [0.25, 0.3) is 0 Å². The van der Waals surface area contributed by atoms with Gasteiger partial charge in [0.15, 0.2) is 0 Å². The Balaban J connectivity index is 1.64. The van der Waals surface area contributed by atoms with E-state index in [9.17, 15) is 18.1 Å². The molecule has 154 valence electrons. The highest BCUT2D eigenvalue weighted by atomic mass is 32.2. The number of benzene rings is 2. The summed E-state index contributed by atoms with van der Waals surface area (Å²) in [5, 5.41) is 9.25. The Bertz CT molecular complexity index is 1210. The number of rotatable bonds is 5. The molecule has 9 heteroatoms. The number of imidazole rings is 1. The maximum absolute atomic E-state index is 13.2. The second kappa shape index (κ2) is 7.89.